The molecule has 0 radical (unpaired) electrons. The van der Waals surface area contributed by atoms with Crippen molar-refractivity contribution in [3.8, 4) is 11.5 Å². The minimum Gasteiger partial charge on any atom is -0.504 e. The Morgan fingerprint density at radius 2 is 1.90 bits per heavy atom. The Bertz CT molecular complexity index is 671. The van der Waals surface area contributed by atoms with Crippen molar-refractivity contribution in [1.29, 1.82) is 0 Å². The van der Waals surface area contributed by atoms with Crippen molar-refractivity contribution in [2.45, 2.75) is 13.3 Å². The van der Waals surface area contributed by atoms with E-state index in [1.165, 1.54) is 18.2 Å². The molecule has 0 aliphatic heterocycles. The molecule has 6 nitrogen and oxygen atoms in total. The number of nitro benzene ring substituents is 1. The molecule has 0 bridgehead atoms. The predicted octanol–water partition coefficient (Wildman–Crippen LogP) is 2.97. The van der Waals surface area contributed by atoms with E-state index in [4.69, 9.17) is 0 Å². The maximum Gasteiger partial charge on any atom is 0.272 e. The Balaban J connectivity index is 1.95. The van der Waals surface area contributed by atoms with E-state index in [2.05, 4.69) is 5.32 Å². The second-order valence-electron chi connectivity index (χ2n) is 4.76. The summed E-state index contributed by atoms with van der Waals surface area (Å²) in [5.41, 5.74) is 2.40. The van der Waals surface area contributed by atoms with Crippen LogP contribution in [0.1, 0.15) is 11.1 Å². The third-order valence-corrected chi connectivity index (χ3v) is 3.18. The number of rotatable bonds is 5. The summed E-state index contributed by atoms with van der Waals surface area (Å²) in [6.07, 6.45) is 0.657. The molecule has 0 saturated carbocycles. The number of nitrogens with one attached hydrogen (secondary N) is 1. The average Bonchev–Trinajstić information content (AvgIpc) is 2.42. The molecule has 6 heteroatoms. The molecule has 21 heavy (non-hydrogen) atoms. The quantitative estimate of drug-likeness (QED) is 0.446. The summed E-state index contributed by atoms with van der Waals surface area (Å²) in [6.45, 7) is 2.31. The number of nitrogens with zero attached hydrogens (tertiary/aromatic N) is 1. The molecule has 0 fully saturated rings. The van der Waals surface area contributed by atoms with Crippen molar-refractivity contribution in [2.24, 2.45) is 0 Å². The molecule has 0 amide bonds. The molecule has 0 spiro atoms. The standard InChI is InChI=1S/C15H16N2O4/c1-10-8-12(3-4-13(10)17(20)21)16-7-6-11-2-5-14(18)15(19)9-11/h2-5,8-9,16,18-19H,6-7H2,1H3. The third-order valence-electron chi connectivity index (χ3n) is 3.18. The summed E-state index contributed by atoms with van der Waals surface area (Å²) in [4.78, 5) is 10.3. The van der Waals surface area contributed by atoms with Crippen LogP contribution in [0.25, 0.3) is 0 Å². The maximum atomic E-state index is 10.7. The van der Waals surface area contributed by atoms with E-state index in [9.17, 15) is 20.3 Å². The van der Waals surface area contributed by atoms with E-state index >= 15 is 0 Å². The van der Waals surface area contributed by atoms with Gasteiger partial charge in [-0.25, -0.2) is 0 Å². The zero-order chi connectivity index (χ0) is 15.4. The van der Waals surface area contributed by atoms with Crippen molar-refractivity contribution in [2.75, 3.05) is 11.9 Å². The van der Waals surface area contributed by atoms with Crippen molar-refractivity contribution >= 4 is 11.4 Å². The van der Waals surface area contributed by atoms with Gasteiger partial charge in [-0.3, -0.25) is 10.1 Å². The van der Waals surface area contributed by atoms with Gasteiger partial charge in [0.2, 0.25) is 0 Å². The van der Waals surface area contributed by atoms with Gasteiger partial charge in [0.25, 0.3) is 5.69 Å². The Hall–Kier alpha value is -2.76. The zero-order valence-corrected chi connectivity index (χ0v) is 11.5. The number of aromatic hydroxyl groups is 2. The molecule has 2 aromatic carbocycles. The lowest BCUT2D eigenvalue weighted by atomic mass is 10.1. The highest BCUT2D eigenvalue weighted by Crippen LogP contribution is 2.25. The van der Waals surface area contributed by atoms with Gasteiger partial charge in [0, 0.05) is 23.9 Å². The highest BCUT2D eigenvalue weighted by Gasteiger charge is 2.09. The molecule has 2 rings (SSSR count). The molecule has 0 atom stereocenters. The summed E-state index contributed by atoms with van der Waals surface area (Å²) in [5.74, 6) is -0.281. The molecule has 0 saturated heterocycles. The number of hydrogen-bond donors (Lipinski definition) is 3. The second-order valence-corrected chi connectivity index (χ2v) is 4.76. The molecule has 3 N–H and O–H groups in total. The minimum atomic E-state index is -0.404. The van der Waals surface area contributed by atoms with Gasteiger partial charge in [0.15, 0.2) is 11.5 Å². The Kier molecular flexibility index (Phi) is 4.27. The highest BCUT2D eigenvalue weighted by molar-refractivity contribution is 5.53. The van der Waals surface area contributed by atoms with Gasteiger partial charge in [-0.15, -0.1) is 0 Å². The second kappa shape index (κ2) is 6.13. The molecular formula is C15H16N2O4. The van der Waals surface area contributed by atoms with Crippen LogP contribution < -0.4 is 5.32 Å². The van der Waals surface area contributed by atoms with Gasteiger partial charge in [0.1, 0.15) is 0 Å². The lowest BCUT2D eigenvalue weighted by Gasteiger charge is -2.08. The first kappa shape index (κ1) is 14.6. The number of phenolic OH excluding ortho intramolecular Hbond substituents is 2. The van der Waals surface area contributed by atoms with E-state index in [0.29, 0.717) is 18.5 Å². The molecule has 0 unspecified atom stereocenters. The number of anilines is 1. The predicted molar refractivity (Wildman–Crippen MR) is 79.8 cm³/mol. The average molecular weight is 288 g/mol. The smallest absolute Gasteiger partial charge is 0.272 e. The number of aryl methyl sites for hydroxylation is 1. The molecule has 0 heterocycles. The first-order valence-corrected chi connectivity index (χ1v) is 6.47. The highest BCUT2D eigenvalue weighted by atomic mass is 16.6. The van der Waals surface area contributed by atoms with Crippen LogP contribution in [0.5, 0.6) is 11.5 Å². The third kappa shape index (κ3) is 3.62. The van der Waals surface area contributed by atoms with E-state index in [1.54, 1.807) is 25.1 Å². The fourth-order valence-electron chi connectivity index (χ4n) is 2.05. The van der Waals surface area contributed by atoms with Crippen LogP contribution in [0.2, 0.25) is 0 Å². The lowest BCUT2D eigenvalue weighted by molar-refractivity contribution is -0.385. The molecule has 0 aromatic heterocycles. The van der Waals surface area contributed by atoms with Crippen molar-refractivity contribution < 1.29 is 15.1 Å². The summed E-state index contributed by atoms with van der Waals surface area (Å²) in [5, 5.41) is 32.5. The number of benzene rings is 2. The van der Waals surface area contributed by atoms with Crippen LogP contribution in [-0.2, 0) is 6.42 Å². The van der Waals surface area contributed by atoms with Gasteiger partial charge >= 0.3 is 0 Å². The largest absolute Gasteiger partial charge is 0.504 e. The van der Waals surface area contributed by atoms with Crippen LogP contribution >= 0.6 is 0 Å². The van der Waals surface area contributed by atoms with Crippen LogP contribution in [0.3, 0.4) is 0 Å². The first-order valence-electron chi connectivity index (χ1n) is 6.47. The number of phenols is 2. The zero-order valence-electron chi connectivity index (χ0n) is 11.5. The first-order chi connectivity index (χ1) is 9.97. The van der Waals surface area contributed by atoms with Crippen molar-refractivity contribution in [1.82, 2.24) is 0 Å². The summed E-state index contributed by atoms with van der Waals surface area (Å²) < 4.78 is 0. The topological polar surface area (TPSA) is 95.6 Å². The van der Waals surface area contributed by atoms with Crippen molar-refractivity contribution in [3.63, 3.8) is 0 Å². The van der Waals surface area contributed by atoms with Crippen LogP contribution in [0.15, 0.2) is 36.4 Å². The van der Waals surface area contributed by atoms with Gasteiger partial charge in [-0.1, -0.05) is 6.07 Å². The minimum absolute atomic E-state index is 0.101. The monoisotopic (exact) mass is 288 g/mol. The fraction of sp³-hybridized carbons (Fsp3) is 0.200. The number of nitro groups is 1. The van der Waals surface area contributed by atoms with Gasteiger partial charge in [-0.05, 0) is 43.2 Å². The van der Waals surface area contributed by atoms with Gasteiger partial charge in [0.05, 0.1) is 4.92 Å². The van der Waals surface area contributed by atoms with E-state index in [-0.39, 0.29) is 17.2 Å². The van der Waals surface area contributed by atoms with E-state index < -0.39 is 4.92 Å². The maximum absolute atomic E-state index is 10.7. The molecule has 110 valence electrons. The van der Waals surface area contributed by atoms with Crippen molar-refractivity contribution in [3.05, 3.63) is 57.6 Å². The SMILES string of the molecule is Cc1cc(NCCc2ccc(O)c(O)c2)ccc1[N+](=O)[O-]. The van der Waals surface area contributed by atoms with Crippen LogP contribution in [0.4, 0.5) is 11.4 Å². The van der Waals surface area contributed by atoms with Crippen LogP contribution in [-0.4, -0.2) is 21.7 Å². The Morgan fingerprint density at radius 3 is 2.52 bits per heavy atom. The van der Waals surface area contributed by atoms with Crippen LogP contribution in [0, 0.1) is 17.0 Å². The number of hydrogen-bond acceptors (Lipinski definition) is 5. The molecule has 2 aromatic rings. The van der Waals surface area contributed by atoms with E-state index in [1.807, 2.05) is 0 Å². The Labute approximate surface area is 121 Å². The van der Waals surface area contributed by atoms with Gasteiger partial charge in [-0.2, -0.15) is 0 Å². The molecule has 0 aliphatic carbocycles. The summed E-state index contributed by atoms with van der Waals surface area (Å²) in [7, 11) is 0. The summed E-state index contributed by atoms with van der Waals surface area (Å²) >= 11 is 0. The summed E-state index contributed by atoms with van der Waals surface area (Å²) in [6, 6.07) is 9.56. The Morgan fingerprint density at radius 1 is 1.14 bits per heavy atom. The van der Waals surface area contributed by atoms with E-state index in [0.717, 1.165) is 11.3 Å². The lowest BCUT2D eigenvalue weighted by Crippen LogP contribution is -2.05. The normalized spacial score (nSPS) is 10.3. The fourth-order valence-corrected chi connectivity index (χ4v) is 2.05. The van der Waals surface area contributed by atoms with Gasteiger partial charge < -0.3 is 15.5 Å². The molecule has 0 aliphatic rings. The molecular weight excluding hydrogens is 272 g/mol.